The van der Waals surface area contributed by atoms with Gasteiger partial charge in [-0.2, -0.15) is 5.26 Å². The molecular weight excluding hydrogens is 232 g/mol. The molecule has 0 aromatic carbocycles. The van der Waals surface area contributed by atoms with Gasteiger partial charge >= 0.3 is 0 Å². The van der Waals surface area contributed by atoms with E-state index in [0.717, 1.165) is 24.3 Å². The molecule has 2 heteroatoms. The second kappa shape index (κ2) is 4.48. The van der Waals surface area contributed by atoms with Crippen LogP contribution in [0.2, 0.25) is 0 Å². The highest BCUT2D eigenvalue weighted by Gasteiger charge is 2.54. The second-order valence-corrected chi connectivity index (χ2v) is 7.97. The van der Waals surface area contributed by atoms with Crippen LogP contribution in [-0.2, 0) is 0 Å². The summed E-state index contributed by atoms with van der Waals surface area (Å²) < 4.78 is 0. The van der Waals surface area contributed by atoms with Crippen LogP contribution in [0.5, 0.6) is 0 Å². The smallest absolute Gasteiger partial charge is 0.0675 e. The van der Waals surface area contributed by atoms with Gasteiger partial charge in [0.1, 0.15) is 0 Å². The molecule has 4 aliphatic carbocycles. The molecule has 1 atom stereocenters. The molecule has 1 unspecified atom stereocenters. The molecule has 1 heterocycles. The largest absolute Gasteiger partial charge is 0.302 e. The van der Waals surface area contributed by atoms with Gasteiger partial charge in [-0.15, -0.1) is 0 Å². The van der Waals surface area contributed by atoms with Crippen LogP contribution < -0.4 is 0 Å². The highest BCUT2D eigenvalue weighted by Crippen LogP contribution is 2.62. The maximum absolute atomic E-state index is 9.77. The van der Waals surface area contributed by atoms with E-state index in [1.807, 2.05) is 0 Å². The lowest BCUT2D eigenvalue weighted by atomic mass is 9.46. The Hall–Kier alpha value is -0.550. The van der Waals surface area contributed by atoms with Crippen molar-refractivity contribution in [3.8, 4) is 6.07 Å². The molecule has 4 saturated carbocycles. The van der Waals surface area contributed by atoms with Crippen LogP contribution in [0.3, 0.4) is 0 Å². The normalized spacial score (nSPS) is 46.4. The molecule has 0 aromatic heterocycles. The Kier molecular flexibility index (Phi) is 2.88. The summed E-state index contributed by atoms with van der Waals surface area (Å²) in [5, 5.41) is 9.77. The molecule has 2 nitrogen and oxygen atoms in total. The monoisotopic (exact) mass is 258 g/mol. The summed E-state index contributed by atoms with van der Waals surface area (Å²) in [6.45, 7) is 3.55. The minimum atomic E-state index is 0.319. The van der Waals surface area contributed by atoms with E-state index in [1.54, 1.807) is 0 Å². The van der Waals surface area contributed by atoms with Crippen LogP contribution in [-0.4, -0.2) is 24.5 Å². The van der Waals surface area contributed by atoms with E-state index in [0.29, 0.717) is 11.3 Å². The quantitative estimate of drug-likeness (QED) is 0.775. The van der Waals surface area contributed by atoms with Crippen LogP contribution in [0.4, 0.5) is 0 Å². The summed E-state index contributed by atoms with van der Waals surface area (Å²) in [6, 6.07) is 2.74. The Morgan fingerprint density at radius 2 is 1.53 bits per heavy atom. The van der Waals surface area contributed by atoms with E-state index in [2.05, 4.69) is 11.0 Å². The van der Waals surface area contributed by atoms with Crippen molar-refractivity contribution in [3.63, 3.8) is 0 Å². The number of likely N-dealkylation sites (tertiary alicyclic amines) is 1. The second-order valence-electron chi connectivity index (χ2n) is 7.97. The summed E-state index contributed by atoms with van der Waals surface area (Å²) in [5.74, 6) is 3.24. The van der Waals surface area contributed by atoms with Crippen LogP contribution in [0.1, 0.15) is 51.4 Å². The summed E-state index contributed by atoms with van der Waals surface area (Å²) in [6.07, 6.45) is 11.3. The third-order valence-electron chi connectivity index (χ3n) is 6.62. The Labute approximate surface area is 117 Å². The zero-order valence-electron chi connectivity index (χ0n) is 12.0. The number of nitriles is 1. The van der Waals surface area contributed by atoms with Gasteiger partial charge in [0.2, 0.25) is 0 Å². The molecule has 0 amide bonds. The van der Waals surface area contributed by atoms with E-state index >= 15 is 0 Å². The lowest BCUT2D eigenvalue weighted by Crippen LogP contribution is -2.51. The third kappa shape index (κ3) is 2.02. The molecule has 0 aromatic rings. The van der Waals surface area contributed by atoms with Crippen molar-refractivity contribution in [2.24, 2.45) is 29.1 Å². The molecule has 1 aliphatic heterocycles. The van der Waals surface area contributed by atoms with Crippen molar-refractivity contribution >= 4 is 0 Å². The van der Waals surface area contributed by atoms with Gasteiger partial charge < -0.3 is 4.90 Å². The molecule has 0 N–H and O–H groups in total. The predicted molar refractivity (Wildman–Crippen MR) is 75.4 cm³/mol. The molecule has 19 heavy (non-hydrogen) atoms. The zero-order chi connectivity index (χ0) is 12.9. The van der Waals surface area contributed by atoms with Gasteiger partial charge in [-0.1, -0.05) is 0 Å². The molecular formula is C17H26N2. The fourth-order valence-electron chi connectivity index (χ4n) is 6.20. The topological polar surface area (TPSA) is 27.0 Å². The van der Waals surface area contributed by atoms with Crippen LogP contribution in [0.25, 0.3) is 0 Å². The molecule has 104 valence electrons. The first kappa shape index (κ1) is 12.2. The number of hydrogen-bond acceptors (Lipinski definition) is 2. The molecule has 5 aliphatic rings. The highest BCUT2D eigenvalue weighted by atomic mass is 15.1. The first-order valence-corrected chi connectivity index (χ1v) is 8.39. The molecule has 4 bridgehead atoms. The van der Waals surface area contributed by atoms with E-state index in [1.165, 1.54) is 64.5 Å². The molecule has 0 radical (unpaired) electrons. The standard InChI is InChI=1S/C17H26N2/c18-11-16(12-19-3-1-2-4-19)17-8-13-5-14(9-17)7-15(6-13)10-17/h13-16H,1-10,12H2. The average Bonchev–Trinajstić information content (AvgIpc) is 2.87. The van der Waals surface area contributed by atoms with Gasteiger partial charge in [0.05, 0.1) is 12.0 Å². The fourth-order valence-corrected chi connectivity index (χ4v) is 6.20. The predicted octanol–water partition coefficient (Wildman–Crippen LogP) is 3.44. The minimum Gasteiger partial charge on any atom is -0.302 e. The van der Waals surface area contributed by atoms with Crippen LogP contribution >= 0.6 is 0 Å². The Morgan fingerprint density at radius 1 is 1.00 bits per heavy atom. The van der Waals surface area contributed by atoms with Gasteiger partial charge in [-0.3, -0.25) is 0 Å². The van der Waals surface area contributed by atoms with Crippen molar-refractivity contribution < 1.29 is 0 Å². The van der Waals surface area contributed by atoms with Gasteiger partial charge in [0, 0.05) is 6.54 Å². The van der Waals surface area contributed by atoms with E-state index < -0.39 is 0 Å². The maximum atomic E-state index is 9.77. The van der Waals surface area contributed by atoms with Crippen molar-refractivity contribution in [3.05, 3.63) is 0 Å². The van der Waals surface area contributed by atoms with Crippen molar-refractivity contribution in [1.29, 1.82) is 5.26 Å². The average molecular weight is 258 g/mol. The first-order valence-electron chi connectivity index (χ1n) is 8.39. The van der Waals surface area contributed by atoms with E-state index in [9.17, 15) is 5.26 Å². The minimum absolute atomic E-state index is 0.319. The van der Waals surface area contributed by atoms with E-state index in [4.69, 9.17) is 0 Å². The third-order valence-corrected chi connectivity index (χ3v) is 6.62. The molecule has 5 rings (SSSR count). The van der Waals surface area contributed by atoms with Crippen LogP contribution in [0.15, 0.2) is 0 Å². The maximum Gasteiger partial charge on any atom is 0.0675 e. The van der Waals surface area contributed by atoms with Crippen molar-refractivity contribution in [2.45, 2.75) is 51.4 Å². The molecule has 1 saturated heterocycles. The van der Waals surface area contributed by atoms with Gasteiger partial charge in [-0.05, 0) is 87.6 Å². The summed E-state index contributed by atoms with van der Waals surface area (Å²) in [4.78, 5) is 2.56. The lowest BCUT2D eigenvalue weighted by Gasteiger charge is -2.58. The number of nitrogens with zero attached hydrogens (tertiary/aromatic N) is 2. The Balaban J connectivity index is 1.54. The molecule has 5 fully saturated rings. The van der Waals surface area contributed by atoms with Gasteiger partial charge in [-0.25, -0.2) is 0 Å². The first-order chi connectivity index (χ1) is 9.27. The SMILES string of the molecule is N#CC(CN1CCCC1)C12CC3CC(CC(C3)C1)C2. The summed E-state index contributed by atoms with van der Waals surface area (Å²) in [7, 11) is 0. The number of rotatable bonds is 3. The Bertz CT molecular complexity index is 353. The van der Waals surface area contributed by atoms with E-state index in [-0.39, 0.29) is 0 Å². The lowest BCUT2D eigenvalue weighted by molar-refractivity contribution is -0.0790. The highest BCUT2D eigenvalue weighted by molar-refractivity contribution is 5.09. The fraction of sp³-hybridized carbons (Fsp3) is 0.941. The summed E-state index contributed by atoms with van der Waals surface area (Å²) >= 11 is 0. The molecule has 0 spiro atoms. The summed E-state index contributed by atoms with van der Waals surface area (Å²) in [5.41, 5.74) is 0.423. The van der Waals surface area contributed by atoms with Crippen LogP contribution in [0, 0.1) is 40.4 Å². The van der Waals surface area contributed by atoms with Crippen molar-refractivity contribution in [1.82, 2.24) is 4.90 Å². The zero-order valence-corrected chi connectivity index (χ0v) is 12.0. The Morgan fingerprint density at radius 3 is 2.00 bits per heavy atom. The van der Waals surface area contributed by atoms with Gasteiger partial charge in [0.15, 0.2) is 0 Å². The number of hydrogen-bond donors (Lipinski definition) is 0. The van der Waals surface area contributed by atoms with Crippen molar-refractivity contribution in [2.75, 3.05) is 19.6 Å². The van der Waals surface area contributed by atoms with Gasteiger partial charge in [0.25, 0.3) is 0 Å².